The summed E-state index contributed by atoms with van der Waals surface area (Å²) in [6, 6.07) is 19.4. The number of benzene rings is 2. The van der Waals surface area contributed by atoms with E-state index in [0.29, 0.717) is 18.8 Å². The van der Waals surface area contributed by atoms with E-state index in [1.54, 1.807) is 4.90 Å². The first kappa shape index (κ1) is 18.3. The number of carbonyl (C=O) groups excluding carboxylic acids is 2. The van der Waals surface area contributed by atoms with Crippen LogP contribution in [0.3, 0.4) is 0 Å². The Kier molecular flexibility index (Phi) is 6.55. The topological polar surface area (TPSA) is 61.4 Å². The minimum atomic E-state index is -0.0828. The number of hydrogen-bond donors (Lipinski definition) is 2. The van der Waals surface area contributed by atoms with Crippen LogP contribution >= 0.6 is 11.8 Å². The predicted molar refractivity (Wildman–Crippen MR) is 105 cm³/mol. The van der Waals surface area contributed by atoms with Gasteiger partial charge in [0.15, 0.2) is 0 Å². The molecular formula is C20H23N3O2S. The van der Waals surface area contributed by atoms with Gasteiger partial charge in [-0.05, 0) is 37.1 Å². The molecule has 2 aromatic carbocycles. The van der Waals surface area contributed by atoms with Crippen LogP contribution < -0.4 is 10.6 Å². The molecule has 136 valence electrons. The average molecular weight is 369 g/mol. The lowest BCUT2D eigenvalue weighted by Crippen LogP contribution is -2.48. The second kappa shape index (κ2) is 9.29. The van der Waals surface area contributed by atoms with Gasteiger partial charge in [-0.15, -0.1) is 11.8 Å². The summed E-state index contributed by atoms with van der Waals surface area (Å²) in [5, 5.41) is 5.98. The molecule has 0 saturated carbocycles. The monoisotopic (exact) mass is 369 g/mol. The third kappa shape index (κ3) is 5.52. The summed E-state index contributed by atoms with van der Waals surface area (Å²) in [5.41, 5.74) is 0.797. The Morgan fingerprint density at radius 1 is 0.962 bits per heavy atom. The number of likely N-dealkylation sites (tertiary alicyclic amines) is 1. The van der Waals surface area contributed by atoms with Crippen LogP contribution in [0.1, 0.15) is 12.8 Å². The van der Waals surface area contributed by atoms with Gasteiger partial charge in [-0.3, -0.25) is 4.79 Å². The normalized spacial score (nSPS) is 14.7. The second-order valence-electron chi connectivity index (χ2n) is 6.23. The average Bonchev–Trinajstić information content (AvgIpc) is 2.68. The van der Waals surface area contributed by atoms with Gasteiger partial charge in [0, 0.05) is 29.7 Å². The van der Waals surface area contributed by atoms with Crippen molar-refractivity contribution in [2.45, 2.75) is 23.8 Å². The molecule has 0 bridgehead atoms. The predicted octanol–water partition coefficient (Wildman–Crippen LogP) is 3.59. The molecular weight excluding hydrogens is 346 g/mol. The summed E-state index contributed by atoms with van der Waals surface area (Å²) >= 11 is 1.54. The lowest BCUT2D eigenvalue weighted by molar-refractivity contribution is -0.119. The molecule has 6 heteroatoms. The van der Waals surface area contributed by atoms with Gasteiger partial charge in [0.25, 0.3) is 0 Å². The Morgan fingerprint density at radius 2 is 1.58 bits per heavy atom. The fourth-order valence-electron chi connectivity index (χ4n) is 2.89. The minimum Gasteiger partial charge on any atom is -0.353 e. The number of nitrogens with one attached hydrogen (secondary N) is 2. The van der Waals surface area contributed by atoms with Gasteiger partial charge in [-0.2, -0.15) is 0 Å². The molecule has 2 N–H and O–H groups in total. The lowest BCUT2D eigenvalue weighted by Gasteiger charge is -2.32. The lowest BCUT2D eigenvalue weighted by atomic mass is 10.1. The summed E-state index contributed by atoms with van der Waals surface area (Å²) in [5.74, 6) is 0.463. The third-order valence-electron chi connectivity index (χ3n) is 4.29. The van der Waals surface area contributed by atoms with Gasteiger partial charge in [-0.25, -0.2) is 4.79 Å². The fraction of sp³-hybridized carbons (Fsp3) is 0.300. The number of amides is 3. The van der Waals surface area contributed by atoms with Gasteiger partial charge in [0.05, 0.1) is 5.75 Å². The summed E-state index contributed by atoms with van der Waals surface area (Å²) in [6.45, 7) is 1.30. The Balaban J connectivity index is 1.38. The van der Waals surface area contributed by atoms with Crippen LogP contribution in [0.25, 0.3) is 0 Å². The number of carbonyl (C=O) groups is 2. The standard InChI is InChI=1S/C20H23N3O2S/c24-19(15-26-18-9-5-2-6-10-18)21-17-11-13-23(14-12-17)20(25)22-16-7-3-1-4-8-16/h1-10,17H,11-15H2,(H,21,24)(H,22,25). The molecule has 3 amide bonds. The van der Waals surface area contributed by atoms with Crippen LogP contribution in [0.15, 0.2) is 65.6 Å². The van der Waals surface area contributed by atoms with E-state index in [-0.39, 0.29) is 18.0 Å². The maximum absolute atomic E-state index is 12.3. The molecule has 0 radical (unpaired) electrons. The van der Waals surface area contributed by atoms with Crippen molar-refractivity contribution in [2.24, 2.45) is 0 Å². The molecule has 0 spiro atoms. The highest BCUT2D eigenvalue weighted by Gasteiger charge is 2.23. The number of urea groups is 1. The highest BCUT2D eigenvalue weighted by Crippen LogP contribution is 2.17. The molecule has 1 aliphatic heterocycles. The minimum absolute atomic E-state index is 0.0473. The number of para-hydroxylation sites is 1. The van der Waals surface area contributed by atoms with Crippen molar-refractivity contribution in [3.63, 3.8) is 0 Å². The Morgan fingerprint density at radius 3 is 2.23 bits per heavy atom. The zero-order valence-corrected chi connectivity index (χ0v) is 15.4. The highest BCUT2D eigenvalue weighted by molar-refractivity contribution is 8.00. The number of nitrogens with zero attached hydrogens (tertiary/aromatic N) is 1. The molecule has 0 unspecified atom stereocenters. The Hall–Kier alpha value is -2.47. The quantitative estimate of drug-likeness (QED) is 0.792. The number of anilines is 1. The van der Waals surface area contributed by atoms with E-state index in [1.165, 1.54) is 11.8 Å². The van der Waals surface area contributed by atoms with E-state index < -0.39 is 0 Å². The van der Waals surface area contributed by atoms with E-state index in [4.69, 9.17) is 0 Å². The van der Waals surface area contributed by atoms with Crippen LogP contribution in [-0.2, 0) is 4.79 Å². The van der Waals surface area contributed by atoms with Crippen molar-refractivity contribution >= 4 is 29.4 Å². The van der Waals surface area contributed by atoms with Crippen molar-refractivity contribution in [3.8, 4) is 0 Å². The molecule has 1 saturated heterocycles. The van der Waals surface area contributed by atoms with Gasteiger partial charge in [-0.1, -0.05) is 36.4 Å². The highest BCUT2D eigenvalue weighted by atomic mass is 32.2. The maximum atomic E-state index is 12.3. The second-order valence-corrected chi connectivity index (χ2v) is 7.28. The van der Waals surface area contributed by atoms with Crippen LogP contribution in [0.4, 0.5) is 10.5 Å². The Bertz CT molecular complexity index is 716. The zero-order valence-electron chi connectivity index (χ0n) is 14.6. The molecule has 26 heavy (non-hydrogen) atoms. The number of thioether (sulfide) groups is 1. The maximum Gasteiger partial charge on any atom is 0.321 e. The van der Waals surface area contributed by atoms with Gasteiger partial charge in [0.1, 0.15) is 0 Å². The van der Waals surface area contributed by atoms with Crippen molar-refractivity contribution in [1.82, 2.24) is 10.2 Å². The smallest absolute Gasteiger partial charge is 0.321 e. The van der Waals surface area contributed by atoms with Crippen molar-refractivity contribution in [1.29, 1.82) is 0 Å². The fourth-order valence-corrected chi connectivity index (χ4v) is 3.62. The van der Waals surface area contributed by atoms with Crippen molar-refractivity contribution < 1.29 is 9.59 Å². The molecule has 5 nitrogen and oxygen atoms in total. The largest absolute Gasteiger partial charge is 0.353 e. The Labute approximate surface area is 158 Å². The van der Waals surface area contributed by atoms with Crippen LogP contribution in [-0.4, -0.2) is 41.7 Å². The molecule has 0 aromatic heterocycles. The molecule has 1 fully saturated rings. The van der Waals surface area contributed by atoms with Crippen LogP contribution in [0, 0.1) is 0 Å². The molecule has 0 atom stereocenters. The third-order valence-corrected chi connectivity index (χ3v) is 5.30. The summed E-state index contributed by atoms with van der Waals surface area (Å²) < 4.78 is 0. The summed E-state index contributed by atoms with van der Waals surface area (Å²) in [6.07, 6.45) is 1.56. The van der Waals surface area contributed by atoms with Crippen molar-refractivity contribution in [2.75, 3.05) is 24.2 Å². The molecule has 1 aliphatic rings. The van der Waals surface area contributed by atoms with E-state index in [9.17, 15) is 9.59 Å². The van der Waals surface area contributed by atoms with Gasteiger partial charge in [0.2, 0.25) is 5.91 Å². The van der Waals surface area contributed by atoms with Crippen LogP contribution in [0.2, 0.25) is 0 Å². The molecule has 1 heterocycles. The summed E-state index contributed by atoms with van der Waals surface area (Å²) in [7, 11) is 0. The van der Waals surface area contributed by atoms with E-state index in [2.05, 4.69) is 10.6 Å². The molecule has 0 aliphatic carbocycles. The van der Waals surface area contributed by atoms with Crippen LogP contribution in [0.5, 0.6) is 0 Å². The van der Waals surface area contributed by atoms with E-state index in [1.807, 2.05) is 60.7 Å². The molecule has 2 aromatic rings. The van der Waals surface area contributed by atoms with E-state index in [0.717, 1.165) is 23.4 Å². The number of hydrogen-bond acceptors (Lipinski definition) is 3. The van der Waals surface area contributed by atoms with Crippen molar-refractivity contribution in [3.05, 3.63) is 60.7 Å². The number of piperidine rings is 1. The first-order chi connectivity index (χ1) is 12.7. The number of rotatable bonds is 5. The van der Waals surface area contributed by atoms with Gasteiger partial charge < -0.3 is 15.5 Å². The van der Waals surface area contributed by atoms with E-state index >= 15 is 0 Å². The first-order valence-corrected chi connectivity index (χ1v) is 9.77. The first-order valence-electron chi connectivity index (χ1n) is 8.79. The zero-order chi connectivity index (χ0) is 18.2. The molecule has 3 rings (SSSR count). The SMILES string of the molecule is O=C(CSc1ccccc1)NC1CCN(C(=O)Nc2ccccc2)CC1. The summed E-state index contributed by atoms with van der Waals surface area (Å²) in [4.78, 5) is 27.3. The van der Waals surface area contributed by atoms with Gasteiger partial charge >= 0.3 is 6.03 Å².